The summed E-state index contributed by atoms with van der Waals surface area (Å²) >= 11 is 1.18. The van der Waals surface area contributed by atoms with Gasteiger partial charge < -0.3 is 25.8 Å². The van der Waals surface area contributed by atoms with Crippen LogP contribution in [-0.4, -0.2) is 78.2 Å². The number of amides is 3. The molecular weight excluding hydrogens is 286 g/mol. The molecule has 1 aliphatic heterocycles. The van der Waals surface area contributed by atoms with Crippen LogP contribution in [0.25, 0.3) is 0 Å². The van der Waals surface area contributed by atoms with Crippen molar-refractivity contribution in [1.82, 2.24) is 10.2 Å². The van der Waals surface area contributed by atoms with Crippen LogP contribution >= 0.6 is 11.8 Å². The number of primary amides is 1. The highest BCUT2D eigenvalue weighted by molar-refractivity contribution is 8.00. The minimum atomic E-state index is -1.39. The first-order valence-electron chi connectivity index (χ1n) is 6.18. The number of morpholine rings is 1. The predicted molar refractivity (Wildman–Crippen MR) is 72.9 cm³/mol. The fourth-order valence-electron chi connectivity index (χ4n) is 1.50. The first-order valence-corrected chi connectivity index (χ1v) is 7.33. The molecule has 3 amide bonds. The molecule has 0 aromatic rings. The third-order valence-electron chi connectivity index (χ3n) is 2.64. The Balaban J connectivity index is 2.12. The van der Waals surface area contributed by atoms with Crippen molar-refractivity contribution in [3.05, 3.63) is 0 Å². The van der Waals surface area contributed by atoms with Gasteiger partial charge in [0, 0.05) is 13.1 Å². The number of carbonyl (C=O) groups excluding carboxylic acids is 3. The van der Waals surface area contributed by atoms with Crippen LogP contribution in [0.1, 0.15) is 0 Å². The number of carbonyl (C=O) groups is 3. The van der Waals surface area contributed by atoms with E-state index in [4.69, 9.17) is 15.6 Å². The fraction of sp³-hybridized carbons (Fsp3) is 0.727. The summed E-state index contributed by atoms with van der Waals surface area (Å²) in [6.07, 6.45) is -1.39. The third kappa shape index (κ3) is 6.22. The molecule has 1 fully saturated rings. The van der Waals surface area contributed by atoms with E-state index in [0.717, 1.165) is 0 Å². The number of aliphatic hydroxyl groups excluding tert-OH is 1. The number of hydrogen-bond donors (Lipinski definition) is 3. The van der Waals surface area contributed by atoms with Crippen LogP contribution in [0, 0.1) is 0 Å². The summed E-state index contributed by atoms with van der Waals surface area (Å²) in [5.41, 5.74) is 4.84. The van der Waals surface area contributed by atoms with Crippen molar-refractivity contribution in [2.24, 2.45) is 5.73 Å². The highest BCUT2D eigenvalue weighted by Gasteiger charge is 2.17. The lowest BCUT2D eigenvalue weighted by Gasteiger charge is -2.26. The number of rotatable bonds is 7. The van der Waals surface area contributed by atoms with Crippen molar-refractivity contribution in [2.75, 3.05) is 44.4 Å². The van der Waals surface area contributed by atoms with Crippen LogP contribution in [0.5, 0.6) is 0 Å². The van der Waals surface area contributed by atoms with E-state index < -0.39 is 12.0 Å². The standard InChI is InChI=1S/C11H19N3O5S/c12-11(18)8(15)5-13-9(16)6-20-7-10(17)14-1-3-19-4-2-14/h8,15H,1-7H2,(H2,12,18)(H,13,16). The van der Waals surface area contributed by atoms with Gasteiger partial charge in [-0.25, -0.2) is 0 Å². The Morgan fingerprint density at radius 3 is 2.55 bits per heavy atom. The van der Waals surface area contributed by atoms with Gasteiger partial charge in [0.05, 0.1) is 31.3 Å². The van der Waals surface area contributed by atoms with Crippen molar-refractivity contribution in [3.63, 3.8) is 0 Å². The summed E-state index contributed by atoms with van der Waals surface area (Å²) in [4.78, 5) is 35.4. The average Bonchev–Trinajstić information content (AvgIpc) is 2.45. The molecule has 1 heterocycles. The van der Waals surface area contributed by atoms with Crippen molar-refractivity contribution < 1.29 is 24.2 Å². The van der Waals surface area contributed by atoms with Gasteiger partial charge in [-0.2, -0.15) is 0 Å². The maximum atomic E-state index is 11.8. The zero-order valence-corrected chi connectivity index (χ0v) is 11.9. The number of thioether (sulfide) groups is 1. The number of hydrogen-bond acceptors (Lipinski definition) is 6. The van der Waals surface area contributed by atoms with Gasteiger partial charge in [0.1, 0.15) is 6.10 Å². The average molecular weight is 305 g/mol. The molecule has 1 atom stereocenters. The van der Waals surface area contributed by atoms with Gasteiger partial charge in [0.25, 0.3) is 0 Å². The zero-order valence-electron chi connectivity index (χ0n) is 11.0. The van der Waals surface area contributed by atoms with Crippen molar-refractivity contribution in [3.8, 4) is 0 Å². The van der Waals surface area contributed by atoms with E-state index in [0.29, 0.717) is 26.3 Å². The summed E-state index contributed by atoms with van der Waals surface area (Å²) < 4.78 is 5.14. The fourth-order valence-corrected chi connectivity index (χ4v) is 2.24. The van der Waals surface area contributed by atoms with Crippen LogP contribution in [-0.2, 0) is 19.1 Å². The van der Waals surface area contributed by atoms with E-state index in [9.17, 15) is 14.4 Å². The van der Waals surface area contributed by atoms with E-state index in [1.807, 2.05) is 0 Å². The number of nitrogens with one attached hydrogen (secondary N) is 1. The summed E-state index contributed by atoms with van der Waals surface area (Å²) in [5.74, 6) is -0.971. The molecule has 1 unspecified atom stereocenters. The SMILES string of the molecule is NC(=O)C(O)CNC(=O)CSCC(=O)N1CCOCC1. The molecule has 0 radical (unpaired) electrons. The van der Waals surface area contributed by atoms with Crippen LogP contribution in [0.2, 0.25) is 0 Å². The van der Waals surface area contributed by atoms with Crippen LogP contribution < -0.4 is 11.1 Å². The summed E-state index contributed by atoms with van der Waals surface area (Å²) in [6, 6.07) is 0. The van der Waals surface area contributed by atoms with E-state index in [2.05, 4.69) is 5.32 Å². The maximum absolute atomic E-state index is 11.8. The molecule has 1 rings (SSSR count). The summed E-state index contributed by atoms with van der Waals surface area (Å²) in [7, 11) is 0. The second-order valence-corrected chi connectivity index (χ2v) is 5.19. The lowest BCUT2D eigenvalue weighted by molar-refractivity contribution is -0.132. The summed E-state index contributed by atoms with van der Waals surface area (Å²) in [6.45, 7) is 2.03. The second kappa shape index (κ2) is 8.77. The van der Waals surface area contributed by atoms with E-state index >= 15 is 0 Å². The van der Waals surface area contributed by atoms with Gasteiger partial charge in [-0.1, -0.05) is 0 Å². The molecule has 0 aromatic heterocycles. The quantitative estimate of drug-likeness (QED) is 0.479. The van der Waals surface area contributed by atoms with Gasteiger partial charge in [-0.3, -0.25) is 14.4 Å². The van der Waals surface area contributed by atoms with Crippen LogP contribution in [0.3, 0.4) is 0 Å². The monoisotopic (exact) mass is 305 g/mol. The molecule has 0 spiro atoms. The van der Waals surface area contributed by atoms with Crippen molar-refractivity contribution >= 4 is 29.5 Å². The maximum Gasteiger partial charge on any atom is 0.248 e. The first kappa shape index (κ1) is 16.7. The molecule has 0 aliphatic carbocycles. The molecular formula is C11H19N3O5S. The Morgan fingerprint density at radius 2 is 1.95 bits per heavy atom. The number of ether oxygens (including phenoxy) is 1. The number of nitrogens with zero attached hydrogens (tertiary/aromatic N) is 1. The molecule has 9 heteroatoms. The highest BCUT2D eigenvalue weighted by Crippen LogP contribution is 2.04. The molecule has 20 heavy (non-hydrogen) atoms. The molecule has 0 bridgehead atoms. The molecule has 8 nitrogen and oxygen atoms in total. The van der Waals surface area contributed by atoms with Crippen LogP contribution in [0.4, 0.5) is 0 Å². The lowest BCUT2D eigenvalue weighted by atomic mass is 10.3. The molecule has 0 aromatic carbocycles. The molecule has 114 valence electrons. The predicted octanol–water partition coefficient (Wildman–Crippen LogP) is -2.46. The lowest BCUT2D eigenvalue weighted by Crippen LogP contribution is -2.42. The molecule has 1 aliphatic rings. The van der Waals surface area contributed by atoms with E-state index in [1.54, 1.807) is 4.90 Å². The molecule has 0 saturated carbocycles. The first-order chi connectivity index (χ1) is 9.50. The normalized spacial score (nSPS) is 16.6. The van der Waals surface area contributed by atoms with Gasteiger partial charge >= 0.3 is 0 Å². The smallest absolute Gasteiger partial charge is 0.248 e. The number of nitrogens with two attached hydrogens (primary N) is 1. The highest BCUT2D eigenvalue weighted by atomic mass is 32.2. The van der Waals surface area contributed by atoms with Gasteiger partial charge in [-0.15, -0.1) is 11.8 Å². The minimum absolute atomic E-state index is 0.0247. The zero-order chi connectivity index (χ0) is 15.0. The Labute approximate surface area is 121 Å². The largest absolute Gasteiger partial charge is 0.381 e. The van der Waals surface area contributed by atoms with Gasteiger partial charge in [0.15, 0.2) is 0 Å². The summed E-state index contributed by atoms with van der Waals surface area (Å²) in [5, 5.41) is 11.5. The topological polar surface area (TPSA) is 122 Å². The number of aliphatic hydroxyl groups is 1. The van der Waals surface area contributed by atoms with Crippen molar-refractivity contribution in [1.29, 1.82) is 0 Å². The van der Waals surface area contributed by atoms with Crippen molar-refractivity contribution in [2.45, 2.75) is 6.10 Å². The minimum Gasteiger partial charge on any atom is -0.381 e. The van der Waals surface area contributed by atoms with Gasteiger partial charge in [0.2, 0.25) is 17.7 Å². The Morgan fingerprint density at radius 1 is 1.30 bits per heavy atom. The molecule has 1 saturated heterocycles. The second-order valence-electron chi connectivity index (χ2n) is 4.21. The van der Waals surface area contributed by atoms with Gasteiger partial charge in [-0.05, 0) is 0 Å². The molecule has 4 N–H and O–H groups in total. The van der Waals surface area contributed by atoms with Crippen LogP contribution in [0.15, 0.2) is 0 Å². The Kier molecular flexibility index (Phi) is 7.34. The van der Waals surface area contributed by atoms with E-state index in [-0.39, 0.29) is 29.9 Å². The third-order valence-corrected chi connectivity index (χ3v) is 3.56. The Hall–Kier alpha value is -1.32. The Bertz CT molecular complexity index is 360. The van der Waals surface area contributed by atoms with E-state index in [1.165, 1.54) is 11.8 Å².